The summed E-state index contributed by atoms with van der Waals surface area (Å²) in [7, 11) is 1.92. The molecule has 0 amide bonds. The molecule has 1 atom stereocenters. The Morgan fingerprint density at radius 2 is 1.93 bits per heavy atom. The molecule has 2 aromatic rings. The van der Waals surface area contributed by atoms with Gasteiger partial charge in [0.05, 0.1) is 16.8 Å². The van der Waals surface area contributed by atoms with Gasteiger partial charge in [0, 0.05) is 0 Å². The van der Waals surface area contributed by atoms with Crippen LogP contribution in [0.3, 0.4) is 0 Å². The zero-order valence-electron chi connectivity index (χ0n) is 8.41. The van der Waals surface area contributed by atoms with Crippen LogP contribution in [0.15, 0.2) is 51.6 Å². The van der Waals surface area contributed by atoms with Crippen molar-refractivity contribution >= 4 is 15.9 Å². The van der Waals surface area contributed by atoms with Crippen molar-refractivity contribution in [2.24, 2.45) is 0 Å². The predicted molar refractivity (Wildman–Crippen MR) is 63.8 cm³/mol. The molecule has 1 unspecified atom stereocenters. The van der Waals surface area contributed by atoms with Crippen LogP contribution in [0.5, 0.6) is 0 Å². The van der Waals surface area contributed by atoms with E-state index in [2.05, 4.69) is 33.4 Å². The second-order valence-electron chi connectivity index (χ2n) is 3.27. The molecule has 0 fully saturated rings. The van der Waals surface area contributed by atoms with Crippen molar-refractivity contribution in [3.8, 4) is 0 Å². The normalized spacial score (nSPS) is 12.7. The SMILES string of the molecule is CNC(c1ccccc1)c1occc1Br. The van der Waals surface area contributed by atoms with E-state index < -0.39 is 0 Å². The van der Waals surface area contributed by atoms with Crippen molar-refractivity contribution in [1.29, 1.82) is 0 Å². The van der Waals surface area contributed by atoms with Gasteiger partial charge in [-0.05, 0) is 34.6 Å². The number of furan rings is 1. The van der Waals surface area contributed by atoms with Gasteiger partial charge in [0.2, 0.25) is 0 Å². The second-order valence-corrected chi connectivity index (χ2v) is 4.12. The summed E-state index contributed by atoms with van der Waals surface area (Å²) in [5.41, 5.74) is 1.19. The molecule has 0 aliphatic heterocycles. The highest BCUT2D eigenvalue weighted by atomic mass is 79.9. The van der Waals surface area contributed by atoms with E-state index in [0.717, 1.165) is 10.2 Å². The average Bonchev–Trinajstić information content (AvgIpc) is 2.68. The molecule has 0 radical (unpaired) electrons. The summed E-state index contributed by atoms with van der Waals surface area (Å²) in [4.78, 5) is 0. The first kappa shape index (κ1) is 10.5. The third-order valence-electron chi connectivity index (χ3n) is 2.33. The van der Waals surface area contributed by atoms with Gasteiger partial charge in [-0.2, -0.15) is 0 Å². The summed E-state index contributed by atoms with van der Waals surface area (Å²) < 4.78 is 6.45. The minimum Gasteiger partial charge on any atom is -0.466 e. The van der Waals surface area contributed by atoms with Crippen LogP contribution < -0.4 is 5.32 Å². The summed E-state index contributed by atoms with van der Waals surface area (Å²) >= 11 is 3.47. The molecular weight excluding hydrogens is 254 g/mol. The number of hydrogen-bond acceptors (Lipinski definition) is 2. The van der Waals surface area contributed by atoms with Crippen LogP contribution in [0.4, 0.5) is 0 Å². The Hall–Kier alpha value is -1.06. The highest BCUT2D eigenvalue weighted by Crippen LogP contribution is 2.28. The van der Waals surface area contributed by atoms with Crippen LogP contribution >= 0.6 is 15.9 Å². The molecule has 1 aromatic heterocycles. The molecule has 1 aromatic carbocycles. The van der Waals surface area contributed by atoms with Crippen LogP contribution in [0.1, 0.15) is 17.4 Å². The van der Waals surface area contributed by atoms with Crippen molar-refractivity contribution in [2.45, 2.75) is 6.04 Å². The van der Waals surface area contributed by atoms with E-state index in [4.69, 9.17) is 4.42 Å². The van der Waals surface area contributed by atoms with E-state index >= 15 is 0 Å². The van der Waals surface area contributed by atoms with E-state index in [9.17, 15) is 0 Å². The van der Waals surface area contributed by atoms with E-state index in [1.807, 2.05) is 31.3 Å². The van der Waals surface area contributed by atoms with Gasteiger partial charge in [-0.25, -0.2) is 0 Å². The minimum atomic E-state index is 0.0931. The molecule has 0 saturated heterocycles. The topological polar surface area (TPSA) is 25.2 Å². The molecule has 0 saturated carbocycles. The highest BCUT2D eigenvalue weighted by molar-refractivity contribution is 9.10. The third kappa shape index (κ3) is 2.13. The van der Waals surface area contributed by atoms with Crippen LogP contribution in [-0.4, -0.2) is 7.05 Å². The van der Waals surface area contributed by atoms with Crippen molar-refractivity contribution < 1.29 is 4.42 Å². The zero-order chi connectivity index (χ0) is 10.7. The fourth-order valence-corrected chi connectivity index (χ4v) is 2.04. The van der Waals surface area contributed by atoms with Gasteiger partial charge < -0.3 is 9.73 Å². The number of nitrogens with one attached hydrogen (secondary N) is 1. The van der Waals surface area contributed by atoms with Gasteiger partial charge in [0.1, 0.15) is 5.76 Å². The molecule has 2 nitrogen and oxygen atoms in total. The molecular formula is C12H12BrNO. The fourth-order valence-electron chi connectivity index (χ4n) is 1.61. The van der Waals surface area contributed by atoms with E-state index in [-0.39, 0.29) is 6.04 Å². The fraction of sp³-hybridized carbons (Fsp3) is 0.167. The first-order valence-corrected chi connectivity index (χ1v) is 5.57. The Bertz CT molecular complexity index is 424. The summed E-state index contributed by atoms with van der Waals surface area (Å²) in [6.45, 7) is 0. The summed E-state index contributed by atoms with van der Waals surface area (Å²) in [6.07, 6.45) is 1.69. The standard InChI is InChI=1S/C12H12BrNO/c1-14-11(9-5-3-2-4-6-9)12-10(13)7-8-15-12/h2-8,11,14H,1H3. The van der Waals surface area contributed by atoms with Crippen LogP contribution in [0, 0.1) is 0 Å². The van der Waals surface area contributed by atoms with Gasteiger partial charge in [0.25, 0.3) is 0 Å². The molecule has 0 aliphatic carbocycles. The Balaban J connectivity index is 2.37. The van der Waals surface area contributed by atoms with Gasteiger partial charge in [-0.3, -0.25) is 0 Å². The Morgan fingerprint density at radius 3 is 2.47 bits per heavy atom. The lowest BCUT2D eigenvalue weighted by Crippen LogP contribution is -2.17. The van der Waals surface area contributed by atoms with E-state index in [0.29, 0.717) is 0 Å². The smallest absolute Gasteiger partial charge is 0.139 e. The lowest BCUT2D eigenvalue weighted by atomic mass is 10.1. The van der Waals surface area contributed by atoms with Crippen LogP contribution in [0.2, 0.25) is 0 Å². The second kappa shape index (κ2) is 4.64. The maximum Gasteiger partial charge on any atom is 0.139 e. The lowest BCUT2D eigenvalue weighted by Gasteiger charge is -2.14. The summed E-state index contributed by atoms with van der Waals surface area (Å²) in [5, 5.41) is 3.24. The lowest BCUT2D eigenvalue weighted by molar-refractivity contribution is 0.461. The Morgan fingerprint density at radius 1 is 1.20 bits per heavy atom. The zero-order valence-corrected chi connectivity index (χ0v) is 9.99. The van der Waals surface area contributed by atoms with Crippen molar-refractivity contribution in [3.05, 3.63) is 58.5 Å². The number of halogens is 1. The summed E-state index contributed by atoms with van der Waals surface area (Å²) in [6, 6.07) is 12.2. The third-order valence-corrected chi connectivity index (χ3v) is 2.98. The molecule has 0 bridgehead atoms. The molecule has 15 heavy (non-hydrogen) atoms. The van der Waals surface area contributed by atoms with Gasteiger partial charge in [0.15, 0.2) is 0 Å². The monoisotopic (exact) mass is 265 g/mol. The quantitative estimate of drug-likeness (QED) is 0.921. The van der Waals surface area contributed by atoms with Crippen molar-refractivity contribution in [2.75, 3.05) is 7.05 Å². The largest absolute Gasteiger partial charge is 0.466 e. The highest BCUT2D eigenvalue weighted by Gasteiger charge is 2.17. The predicted octanol–water partition coefficient (Wildman–Crippen LogP) is 3.35. The van der Waals surface area contributed by atoms with E-state index in [1.165, 1.54) is 5.56 Å². The first-order valence-electron chi connectivity index (χ1n) is 4.78. The average molecular weight is 266 g/mol. The first-order chi connectivity index (χ1) is 7.33. The van der Waals surface area contributed by atoms with Crippen LogP contribution in [-0.2, 0) is 0 Å². The number of hydrogen-bond donors (Lipinski definition) is 1. The Kier molecular flexibility index (Phi) is 3.23. The molecule has 1 N–H and O–H groups in total. The molecule has 0 spiro atoms. The van der Waals surface area contributed by atoms with Crippen LogP contribution in [0.25, 0.3) is 0 Å². The Labute approximate surface area is 97.4 Å². The van der Waals surface area contributed by atoms with E-state index in [1.54, 1.807) is 6.26 Å². The van der Waals surface area contributed by atoms with Crippen molar-refractivity contribution in [3.63, 3.8) is 0 Å². The molecule has 0 aliphatic rings. The maximum absolute atomic E-state index is 5.46. The van der Waals surface area contributed by atoms with Crippen molar-refractivity contribution in [1.82, 2.24) is 5.32 Å². The molecule has 2 rings (SSSR count). The number of benzene rings is 1. The maximum atomic E-state index is 5.46. The summed E-state index contributed by atoms with van der Waals surface area (Å²) in [5.74, 6) is 0.906. The van der Waals surface area contributed by atoms with Gasteiger partial charge in [-0.1, -0.05) is 30.3 Å². The minimum absolute atomic E-state index is 0.0931. The number of rotatable bonds is 3. The van der Waals surface area contributed by atoms with Gasteiger partial charge >= 0.3 is 0 Å². The molecule has 78 valence electrons. The van der Waals surface area contributed by atoms with Gasteiger partial charge in [-0.15, -0.1) is 0 Å². The molecule has 1 heterocycles. The molecule has 3 heteroatoms.